The molecule has 0 radical (unpaired) electrons. The predicted molar refractivity (Wildman–Crippen MR) is 254 cm³/mol. The number of rotatable bonds is 15. The number of pyridine rings is 1. The minimum absolute atomic E-state index is 0.0772. The zero-order valence-corrected chi connectivity index (χ0v) is 40.0. The molecule has 14 nitrogen and oxygen atoms in total. The normalized spacial score (nSPS) is 11.4. The molecule has 5 heterocycles. The molecular formula is C50H58F3N11O3. The number of nitrogens with zero attached hydrogens (tertiary/aromatic N) is 10. The summed E-state index contributed by atoms with van der Waals surface area (Å²) >= 11 is 0. The van der Waals surface area contributed by atoms with Crippen LogP contribution in [0.4, 0.5) is 13.2 Å². The van der Waals surface area contributed by atoms with E-state index in [1.807, 2.05) is 124 Å². The van der Waals surface area contributed by atoms with E-state index in [-0.39, 0.29) is 30.7 Å². The summed E-state index contributed by atoms with van der Waals surface area (Å²) in [5.41, 5.74) is 11.8. The molecule has 0 aliphatic carbocycles. The number of aryl methyl sites for hydroxylation is 4. The number of amides is 1. The van der Waals surface area contributed by atoms with E-state index in [4.69, 9.17) is 9.47 Å². The van der Waals surface area contributed by atoms with Crippen LogP contribution in [-0.4, -0.2) is 103 Å². The fourth-order valence-electron chi connectivity index (χ4n) is 8.21. The van der Waals surface area contributed by atoms with Gasteiger partial charge >= 0.3 is 0 Å². The smallest absolute Gasteiger partial charge is 0.274 e. The van der Waals surface area contributed by atoms with Gasteiger partial charge in [-0.05, 0) is 102 Å². The van der Waals surface area contributed by atoms with E-state index < -0.39 is 11.6 Å². The molecule has 1 N–H and O–H groups in total. The summed E-state index contributed by atoms with van der Waals surface area (Å²) < 4.78 is 62.4. The lowest BCUT2D eigenvalue weighted by atomic mass is 10.0. The lowest BCUT2D eigenvalue weighted by Gasteiger charge is -2.14. The van der Waals surface area contributed by atoms with Crippen molar-refractivity contribution < 1.29 is 27.4 Å². The van der Waals surface area contributed by atoms with E-state index in [0.29, 0.717) is 42.9 Å². The van der Waals surface area contributed by atoms with Crippen molar-refractivity contribution in [3.63, 3.8) is 0 Å². The predicted octanol–water partition coefficient (Wildman–Crippen LogP) is 7.78. The van der Waals surface area contributed by atoms with Crippen molar-refractivity contribution in [2.75, 3.05) is 48.5 Å². The van der Waals surface area contributed by atoms with Crippen molar-refractivity contribution in [3.05, 3.63) is 136 Å². The summed E-state index contributed by atoms with van der Waals surface area (Å²) in [4.78, 5) is 20.5. The number of hydrogen-bond donors (Lipinski definition) is 1. The molecule has 17 heteroatoms. The molecule has 0 saturated carbocycles. The number of halogens is 3. The Labute approximate surface area is 388 Å². The number of ether oxygens (including phenoxy) is 2. The van der Waals surface area contributed by atoms with Gasteiger partial charge in [-0.15, -0.1) is 0 Å². The van der Waals surface area contributed by atoms with Crippen molar-refractivity contribution >= 4 is 22.5 Å². The van der Waals surface area contributed by atoms with Crippen molar-refractivity contribution in [1.29, 1.82) is 0 Å². The van der Waals surface area contributed by atoms with Crippen LogP contribution in [0.15, 0.2) is 73.1 Å². The Hall–Kier alpha value is -6.98. The van der Waals surface area contributed by atoms with Crippen molar-refractivity contribution in [1.82, 2.24) is 53.8 Å². The summed E-state index contributed by atoms with van der Waals surface area (Å²) in [6.07, 6.45) is 4.84. The highest BCUT2D eigenvalue weighted by Gasteiger charge is 2.22. The van der Waals surface area contributed by atoms with Gasteiger partial charge in [0.1, 0.15) is 17.2 Å². The highest BCUT2D eigenvalue weighted by molar-refractivity contribution is 5.93. The van der Waals surface area contributed by atoms with Crippen LogP contribution < -0.4 is 14.8 Å². The largest absolute Gasteiger partial charge is 0.492 e. The average molecular weight is 918 g/mol. The van der Waals surface area contributed by atoms with Gasteiger partial charge in [0, 0.05) is 112 Å². The zero-order chi connectivity index (χ0) is 48.3. The number of hydrogen-bond acceptors (Lipinski definition) is 9. The molecule has 8 rings (SSSR count). The van der Waals surface area contributed by atoms with Gasteiger partial charge in [-0.2, -0.15) is 19.7 Å². The first-order chi connectivity index (χ1) is 32.0. The second-order valence-electron chi connectivity index (χ2n) is 17.1. The molecule has 5 aromatic heterocycles. The number of carbonyl (C=O) groups is 1. The first-order valence-corrected chi connectivity index (χ1v) is 21.9. The molecule has 352 valence electrons. The molecule has 0 atom stereocenters. The maximum atomic E-state index is 14.9. The average Bonchev–Trinajstić information content (AvgIpc) is 4.00. The molecule has 0 aliphatic rings. The molecule has 0 saturated heterocycles. The van der Waals surface area contributed by atoms with Crippen LogP contribution in [0.2, 0.25) is 0 Å². The quantitative estimate of drug-likeness (QED) is 0.110. The lowest BCUT2D eigenvalue weighted by molar-refractivity contribution is 0.0820. The number of fused-ring (bicyclic) bond motifs is 2. The van der Waals surface area contributed by atoms with Gasteiger partial charge in [-0.1, -0.05) is 6.07 Å². The van der Waals surface area contributed by atoms with Crippen LogP contribution in [0, 0.1) is 38.2 Å². The lowest BCUT2D eigenvalue weighted by Crippen LogP contribution is -2.23. The monoisotopic (exact) mass is 917 g/mol. The van der Waals surface area contributed by atoms with E-state index in [1.165, 1.54) is 17.0 Å². The first kappa shape index (κ1) is 48.0. The molecular weight excluding hydrogens is 860 g/mol. The van der Waals surface area contributed by atoms with Gasteiger partial charge in [-0.3, -0.25) is 18.8 Å². The van der Waals surface area contributed by atoms with Crippen molar-refractivity contribution in [2.45, 2.75) is 46.7 Å². The standard InChI is InChI=1S/C25H29F2N5O.C25H29FN6O2/c1-15-18(16(2)31(5)28-15)11-12-33-25-19(8-9-21(26)24(25)27)17-7-10-23-20(13-17)22(14-30(3)4)29-32(23)6;1-16-20(24(29-31(16)5)25(33)30(3)4)10-11-34-22-12-18(26)7-8-21(22)17-6-9-23-28-14-19(13-27-2)32(23)15-17/h7-10,13H,11-12,14H2,1-6H3;6-9,12,14-15,27H,10-11,13H2,1-5H3. The van der Waals surface area contributed by atoms with E-state index in [9.17, 15) is 18.0 Å². The minimum atomic E-state index is -0.980. The van der Waals surface area contributed by atoms with Crippen LogP contribution in [0.5, 0.6) is 11.5 Å². The molecule has 1 amide bonds. The first-order valence-electron chi connectivity index (χ1n) is 21.9. The third kappa shape index (κ3) is 10.2. The van der Waals surface area contributed by atoms with Gasteiger partial charge in [0.2, 0.25) is 5.82 Å². The number of nitrogens with one attached hydrogen (secondary N) is 1. The molecule has 3 aromatic carbocycles. The summed E-state index contributed by atoms with van der Waals surface area (Å²) in [6.45, 7) is 7.67. The molecule has 8 aromatic rings. The maximum absolute atomic E-state index is 14.9. The van der Waals surface area contributed by atoms with Gasteiger partial charge < -0.3 is 29.0 Å². The van der Waals surface area contributed by atoms with Gasteiger partial charge in [-0.25, -0.2) is 13.8 Å². The molecule has 0 fully saturated rings. The van der Waals surface area contributed by atoms with Crippen LogP contribution in [-0.2, 0) is 47.1 Å². The Morgan fingerprint density at radius 1 is 0.761 bits per heavy atom. The molecule has 0 spiro atoms. The van der Waals surface area contributed by atoms with Crippen LogP contribution >= 0.6 is 0 Å². The van der Waals surface area contributed by atoms with E-state index in [1.54, 1.807) is 30.9 Å². The van der Waals surface area contributed by atoms with E-state index >= 15 is 0 Å². The maximum Gasteiger partial charge on any atom is 0.274 e. The van der Waals surface area contributed by atoms with Crippen molar-refractivity contribution in [2.24, 2.45) is 21.1 Å². The number of benzene rings is 3. The number of carbonyl (C=O) groups excluding carboxylic acids is 1. The Bertz CT molecular complexity index is 3070. The fraction of sp³-hybridized carbons (Fsp3) is 0.340. The second-order valence-corrected chi connectivity index (χ2v) is 17.1. The molecule has 0 aliphatic heterocycles. The SMILES string of the molecule is CNCc1cnc2ccc(-c3ccc(F)cc3OCCc3c(C(=O)N(C)C)nn(C)c3C)cn12.Cc1nn(C)c(C)c1CCOc1c(-c2ccc3c(c2)c(CN(C)C)nn3C)ccc(F)c1F. The van der Waals surface area contributed by atoms with Crippen LogP contribution in [0.1, 0.15) is 50.1 Å². The van der Waals surface area contributed by atoms with Crippen LogP contribution in [0.3, 0.4) is 0 Å². The Morgan fingerprint density at radius 2 is 1.45 bits per heavy atom. The summed E-state index contributed by atoms with van der Waals surface area (Å²) in [5.74, 6) is -2.08. The highest BCUT2D eigenvalue weighted by atomic mass is 19.2. The Kier molecular flexibility index (Phi) is 14.5. The second kappa shape index (κ2) is 20.3. The zero-order valence-electron chi connectivity index (χ0n) is 40.0. The number of aromatic nitrogens is 8. The van der Waals surface area contributed by atoms with E-state index in [2.05, 4.69) is 25.6 Å². The van der Waals surface area contributed by atoms with Gasteiger partial charge in [0.15, 0.2) is 17.3 Å². The Balaban J connectivity index is 0.000000199. The minimum Gasteiger partial charge on any atom is -0.492 e. The fourth-order valence-corrected chi connectivity index (χ4v) is 8.21. The highest BCUT2D eigenvalue weighted by Crippen LogP contribution is 2.37. The molecule has 0 unspecified atom stereocenters. The van der Waals surface area contributed by atoms with Crippen LogP contribution in [0.25, 0.3) is 38.8 Å². The number of imidazole rings is 1. The molecule has 67 heavy (non-hydrogen) atoms. The summed E-state index contributed by atoms with van der Waals surface area (Å²) in [7, 11) is 14.8. The van der Waals surface area contributed by atoms with Crippen molar-refractivity contribution in [3.8, 4) is 33.8 Å². The summed E-state index contributed by atoms with van der Waals surface area (Å²) in [5, 5.41) is 17.5. The van der Waals surface area contributed by atoms with Gasteiger partial charge in [0.25, 0.3) is 5.91 Å². The third-order valence-electron chi connectivity index (χ3n) is 11.9. The Morgan fingerprint density at radius 3 is 2.15 bits per heavy atom. The topological polar surface area (TPSA) is 125 Å². The third-order valence-corrected chi connectivity index (χ3v) is 11.9. The van der Waals surface area contributed by atoms with E-state index in [0.717, 1.165) is 78.9 Å². The molecule has 0 bridgehead atoms. The summed E-state index contributed by atoms with van der Waals surface area (Å²) in [6, 6.07) is 16.9. The van der Waals surface area contributed by atoms with Gasteiger partial charge in [0.05, 0.1) is 42.0 Å².